The predicted molar refractivity (Wildman–Crippen MR) is 99.2 cm³/mol. The second-order valence-corrected chi connectivity index (χ2v) is 6.94. The number of nitrogens with zero attached hydrogens (tertiary/aromatic N) is 2. The number of hydrogen-bond donors (Lipinski definition) is 3. The zero-order valence-corrected chi connectivity index (χ0v) is 15.5. The highest BCUT2D eigenvalue weighted by Crippen LogP contribution is 2.35. The fourth-order valence-corrected chi connectivity index (χ4v) is 3.63. The molecular weight excluding hydrogens is 360 g/mol. The number of aromatic nitrogens is 2. The van der Waals surface area contributed by atoms with E-state index < -0.39 is 11.3 Å². The van der Waals surface area contributed by atoms with Crippen molar-refractivity contribution in [2.24, 2.45) is 5.92 Å². The molecule has 1 aromatic carbocycles. The van der Waals surface area contributed by atoms with Gasteiger partial charge in [-0.15, -0.1) is 0 Å². The van der Waals surface area contributed by atoms with Crippen LogP contribution in [0.3, 0.4) is 0 Å². The lowest BCUT2D eigenvalue weighted by atomic mass is 9.97. The molecule has 1 aromatic heterocycles. The van der Waals surface area contributed by atoms with E-state index in [2.05, 4.69) is 19.8 Å². The zero-order chi connectivity index (χ0) is 18.7. The molecule has 1 aliphatic heterocycles. The number of benzene rings is 1. The summed E-state index contributed by atoms with van der Waals surface area (Å²) in [6.45, 7) is 1.99. The third-order valence-corrected chi connectivity index (χ3v) is 5.10. The Morgan fingerprint density at radius 2 is 1.88 bits per heavy atom. The molecule has 3 N–H and O–H groups in total. The van der Waals surface area contributed by atoms with E-state index in [0.717, 1.165) is 25.9 Å². The number of fused-ring (bicyclic) bond motifs is 1. The highest BCUT2D eigenvalue weighted by molar-refractivity contribution is 7.77. The highest BCUT2D eigenvalue weighted by Gasteiger charge is 2.23. The number of piperidine rings is 1. The lowest BCUT2D eigenvalue weighted by Crippen LogP contribution is -2.38. The van der Waals surface area contributed by atoms with E-state index in [1.54, 1.807) is 19.2 Å². The molecule has 0 radical (unpaired) electrons. The zero-order valence-electron chi connectivity index (χ0n) is 14.7. The van der Waals surface area contributed by atoms with Crippen LogP contribution in [-0.4, -0.2) is 52.8 Å². The molecule has 2 heterocycles. The summed E-state index contributed by atoms with van der Waals surface area (Å²) in [5, 5.41) is 8.00. The van der Waals surface area contributed by atoms with Crippen molar-refractivity contribution in [3.63, 3.8) is 0 Å². The minimum atomic E-state index is -1.98. The summed E-state index contributed by atoms with van der Waals surface area (Å²) >= 11 is -1.98. The minimum Gasteiger partial charge on any atom is -0.493 e. The maximum Gasteiger partial charge on any atom is 0.272 e. The average Bonchev–Trinajstić information content (AvgIpc) is 2.66. The molecule has 0 spiro atoms. The Morgan fingerprint density at radius 3 is 2.46 bits per heavy atom. The van der Waals surface area contributed by atoms with Crippen molar-refractivity contribution in [3.05, 3.63) is 22.5 Å². The van der Waals surface area contributed by atoms with Crippen LogP contribution in [0.1, 0.15) is 12.8 Å². The Kier molecular flexibility index (Phi) is 5.74. The molecule has 0 amide bonds. The molecule has 1 atom stereocenters. The molecule has 3 rings (SSSR count). The summed E-state index contributed by atoms with van der Waals surface area (Å²) < 4.78 is 32.8. The van der Waals surface area contributed by atoms with Crippen LogP contribution in [0.2, 0.25) is 0 Å². The van der Waals surface area contributed by atoms with E-state index in [4.69, 9.17) is 14.0 Å². The average molecular weight is 382 g/mol. The van der Waals surface area contributed by atoms with Gasteiger partial charge in [-0.3, -0.25) is 9.35 Å². The maximum absolute atomic E-state index is 12.2. The summed E-state index contributed by atoms with van der Waals surface area (Å²) in [6.07, 6.45) is 1.72. The Balaban J connectivity index is 1.88. The molecule has 1 fully saturated rings. The van der Waals surface area contributed by atoms with Gasteiger partial charge >= 0.3 is 0 Å². The van der Waals surface area contributed by atoms with Gasteiger partial charge in [0, 0.05) is 25.0 Å². The van der Waals surface area contributed by atoms with Crippen LogP contribution >= 0.6 is 0 Å². The Labute approximate surface area is 153 Å². The van der Waals surface area contributed by atoms with Crippen LogP contribution in [0.25, 0.3) is 10.8 Å². The van der Waals surface area contributed by atoms with E-state index in [1.165, 1.54) is 7.11 Å². The Hall–Kier alpha value is -2.17. The van der Waals surface area contributed by atoms with Crippen molar-refractivity contribution in [2.75, 3.05) is 38.8 Å². The molecule has 1 aliphatic rings. The fraction of sp³-hybridized carbons (Fsp3) is 0.500. The maximum atomic E-state index is 12.2. The van der Waals surface area contributed by atoms with Crippen LogP contribution < -0.4 is 24.7 Å². The standard InChI is InChI=1S/C16H22N4O5S/c1-24-13-7-11-12(8-14(13)25-2)16(21)19-18-15(11)20-5-3-10(4-6-20)9-17-26(22)23/h7-8,10,17H,3-6,9H2,1-2H3,(H,19,21)(H,22,23). The quantitative estimate of drug-likeness (QED) is 0.635. The molecule has 2 aromatic rings. The van der Waals surface area contributed by atoms with Gasteiger partial charge in [0.15, 0.2) is 17.3 Å². The number of H-pyrrole nitrogens is 1. The van der Waals surface area contributed by atoms with Gasteiger partial charge in [-0.1, -0.05) is 0 Å². The summed E-state index contributed by atoms with van der Waals surface area (Å²) in [5.41, 5.74) is -0.283. The minimum absolute atomic E-state index is 0.283. The first-order valence-electron chi connectivity index (χ1n) is 8.27. The van der Waals surface area contributed by atoms with Gasteiger partial charge in [0.2, 0.25) is 11.3 Å². The van der Waals surface area contributed by atoms with Gasteiger partial charge in [0.25, 0.3) is 5.56 Å². The second kappa shape index (κ2) is 8.02. The van der Waals surface area contributed by atoms with Crippen molar-refractivity contribution in [1.29, 1.82) is 0 Å². The number of methoxy groups -OCH3 is 2. The van der Waals surface area contributed by atoms with Crippen LogP contribution in [0, 0.1) is 5.92 Å². The van der Waals surface area contributed by atoms with Crippen LogP contribution in [-0.2, 0) is 11.3 Å². The van der Waals surface area contributed by atoms with Gasteiger partial charge in [-0.2, -0.15) is 5.10 Å². The van der Waals surface area contributed by atoms with E-state index in [9.17, 15) is 9.00 Å². The number of aromatic amines is 1. The van der Waals surface area contributed by atoms with E-state index in [-0.39, 0.29) is 5.56 Å². The summed E-state index contributed by atoms with van der Waals surface area (Å²) in [7, 11) is 3.08. The second-order valence-electron chi connectivity index (χ2n) is 6.16. The number of rotatable bonds is 6. The van der Waals surface area contributed by atoms with E-state index in [0.29, 0.717) is 40.6 Å². The smallest absolute Gasteiger partial charge is 0.272 e. The van der Waals surface area contributed by atoms with Crippen LogP contribution in [0.15, 0.2) is 16.9 Å². The number of ether oxygens (including phenoxy) is 2. The van der Waals surface area contributed by atoms with Gasteiger partial charge in [-0.05, 0) is 30.9 Å². The summed E-state index contributed by atoms with van der Waals surface area (Å²) in [4.78, 5) is 14.3. The van der Waals surface area contributed by atoms with Gasteiger partial charge in [0.05, 0.1) is 19.6 Å². The molecule has 142 valence electrons. The molecule has 0 aliphatic carbocycles. The van der Waals surface area contributed by atoms with Crippen molar-refractivity contribution >= 4 is 27.9 Å². The first-order valence-corrected chi connectivity index (χ1v) is 9.38. The van der Waals surface area contributed by atoms with E-state index >= 15 is 0 Å². The Bertz CT molecular complexity index is 864. The van der Waals surface area contributed by atoms with Crippen molar-refractivity contribution in [1.82, 2.24) is 14.9 Å². The Morgan fingerprint density at radius 1 is 1.27 bits per heavy atom. The molecule has 1 saturated heterocycles. The molecule has 26 heavy (non-hydrogen) atoms. The number of nitrogens with one attached hydrogen (secondary N) is 2. The third-order valence-electron chi connectivity index (χ3n) is 4.68. The van der Waals surface area contributed by atoms with Crippen molar-refractivity contribution in [2.45, 2.75) is 12.8 Å². The monoisotopic (exact) mass is 382 g/mol. The first-order chi connectivity index (χ1) is 12.5. The fourth-order valence-electron chi connectivity index (χ4n) is 3.26. The first kappa shape index (κ1) is 18.6. The predicted octanol–water partition coefficient (Wildman–Crippen LogP) is 0.883. The molecular formula is C16H22N4O5S. The van der Waals surface area contributed by atoms with Gasteiger partial charge < -0.3 is 14.4 Å². The van der Waals surface area contributed by atoms with Crippen molar-refractivity contribution < 1.29 is 18.2 Å². The molecule has 0 bridgehead atoms. The van der Waals surface area contributed by atoms with Gasteiger partial charge in [-0.25, -0.2) is 14.0 Å². The molecule has 10 heteroatoms. The lowest BCUT2D eigenvalue weighted by Gasteiger charge is -2.33. The SMILES string of the molecule is COc1cc2c(N3CCC(CNS(=O)O)CC3)n[nH]c(=O)c2cc1OC. The van der Waals surface area contributed by atoms with Crippen LogP contribution in [0.5, 0.6) is 11.5 Å². The third kappa shape index (κ3) is 3.81. The topological polar surface area (TPSA) is 117 Å². The van der Waals surface area contributed by atoms with Crippen LogP contribution in [0.4, 0.5) is 5.82 Å². The molecule has 9 nitrogen and oxygen atoms in total. The largest absolute Gasteiger partial charge is 0.493 e. The lowest BCUT2D eigenvalue weighted by molar-refractivity contribution is 0.356. The van der Waals surface area contributed by atoms with Gasteiger partial charge in [0.1, 0.15) is 0 Å². The number of anilines is 1. The van der Waals surface area contributed by atoms with Crippen molar-refractivity contribution in [3.8, 4) is 11.5 Å². The summed E-state index contributed by atoms with van der Waals surface area (Å²) in [5.74, 6) is 2.05. The molecule has 1 unspecified atom stereocenters. The highest BCUT2D eigenvalue weighted by atomic mass is 32.2. The molecule has 0 saturated carbocycles. The normalized spacial score (nSPS) is 16.7. The number of hydrogen-bond acceptors (Lipinski definition) is 6. The van der Waals surface area contributed by atoms with E-state index in [1.807, 2.05) is 0 Å². The summed E-state index contributed by atoms with van der Waals surface area (Å²) in [6, 6.07) is 3.43.